The normalized spacial score (nSPS) is 9.42. The van der Waals surface area contributed by atoms with Gasteiger partial charge >= 0.3 is 0 Å². The van der Waals surface area contributed by atoms with Crippen molar-refractivity contribution in [1.29, 1.82) is 0 Å². The molecule has 1 rings (SSSR count). The van der Waals surface area contributed by atoms with Crippen molar-refractivity contribution in [3.05, 3.63) is 30.5 Å². The molecular formula is C9H12N2O. The lowest BCUT2D eigenvalue weighted by Crippen LogP contribution is -2.06. The van der Waals surface area contributed by atoms with Gasteiger partial charge in [0.2, 0.25) is 0 Å². The predicted molar refractivity (Wildman–Crippen MR) is 49.9 cm³/mol. The van der Waals surface area contributed by atoms with Crippen LogP contribution < -0.4 is 5.32 Å². The lowest BCUT2D eigenvalue weighted by Gasteiger charge is -2.02. The van der Waals surface area contributed by atoms with Gasteiger partial charge in [-0.25, -0.2) is 4.98 Å². The Bertz CT molecular complexity index is 243. The summed E-state index contributed by atoms with van der Waals surface area (Å²) < 4.78 is 0. The van der Waals surface area contributed by atoms with Gasteiger partial charge in [-0.1, -0.05) is 12.7 Å². The van der Waals surface area contributed by atoms with Crippen molar-refractivity contribution in [2.75, 3.05) is 18.5 Å². The maximum atomic E-state index is 8.52. The van der Waals surface area contributed by atoms with Gasteiger partial charge in [0, 0.05) is 12.7 Å². The number of anilines is 1. The summed E-state index contributed by atoms with van der Waals surface area (Å²) in [5.74, 6) is 0.773. The lowest BCUT2D eigenvalue weighted by molar-refractivity contribution is 0.311. The van der Waals surface area contributed by atoms with Crippen molar-refractivity contribution < 1.29 is 5.11 Å². The van der Waals surface area contributed by atoms with Crippen molar-refractivity contribution >= 4 is 11.9 Å². The first-order valence-electron chi connectivity index (χ1n) is 3.80. The highest BCUT2D eigenvalue weighted by molar-refractivity contribution is 5.48. The minimum Gasteiger partial charge on any atom is -0.395 e. The highest BCUT2D eigenvalue weighted by Crippen LogP contribution is 2.04. The molecule has 0 amide bonds. The molecule has 1 aromatic heterocycles. The van der Waals surface area contributed by atoms with Crippen LogP contribution in [0.2, 0.25) is 0 Å². The second-order valence-electron chi connectivity index (χ2n) is 2.33. The molecule has 1 heterocycles. The van der Waals surface area contributed by atoms with E-state index in [-0.39, 0.29) is 6.61 Å². The van der Waals surface area contributed by atoms with Crippen LogP contribution in [0.1, 0.15) is 5.56 Å². The first-order valence-corrected chi connectivity index (χ1v) is 3.80. The molecule has 0 saturated heterocycles. The molecule has 0 aliphatic carbocycles. The number of hydrogen-bond acceptors (Lipinski definition) is 3. The van der Waals surface area contributed by atoms with Crippen LogP contribution in [0.5, 0.6) is 0 Å². The topological polar surface area (TPSA) is 45.1 Å². The summed E-state index contributed by atoms with van der Waals surface area (Å²) in [6.45, 7) is 4.27. The molecule has 2 N–H and O–H groups in total. The first-order chi connectivity index (χ1) is 5.86. The molecule has 0 aliphatic heterocycles. The molecule has 0 spiro atoms. The third-order valence-electron chi connectivity index (χ3n) is 1.44. The minimum absolute atomic E-state index is 0.116. The van der Waals surface area contributed by atoms with Crippen LogP contribution in [0.3, 0.4) is 0 Å². The standard InChI is InChI=1S/C9H12N2O/c1-2-8-3-4-9(11-7-8)10-5-6-12/h2-4,7,12H,1,5-6H2,(H,10,11). The van der Waals surface area contributed by atoms with Crippen molar-refractivity contribution in [2.45, 2.75) is 0 Å². The molecular weight excluding hydrogens is 152 g/mol. The van der Waals surface area contributed by atoms with E-state index in [0.29, 0.717) is 6.54 Å². The molecule has 12 heavy (non-hydrogen) atoms. The molecule has 0 unspecified atom stereocenters. The Hall–Kier alpha value is -1.35. The van der Waals surface area contributed by atoms with E-state index in [1.165, 1.54) is 0 Å². The SMILES string of the molecule is C=Cc1ccc(NCCO)nc1. The summed E-state index contributed by atoms with van der Waals surface area (Å²) in [6, 6.07) is 3.77. The van der Waals surface area contributed by atoms with E-state index in [4.69, 9.17) is 5.11 Å². The number of pyridine rings is 1. The number of aliphatic hydroxyl groups excluding tert-OH is 1. The van der Waals surface area contributed by atoms with Crippen molar-refractivity contribution in [2.24, 2.45) is 0 Å². The fourth-order valence-electron chi connectivity index (χ4n) is 0.815. The molecule has 64 valence electrons. The van der Waals surface area contributed by atoms with Gasteiger partial charge in [0.1, 0.15) is 5.82 Å². The third-order valence-corrected chi connectivity index (χ3v) is 1.44. The average Bonchev–Trinajstić information content (AvgIpc) is 2.15. The molecule has 0 atom stereocenters. The van der Waals surface area contributed by atoms with E-state index in [1.54, 1.807) is 12.3 Å². The molecule has 0 bridgehead atoms. The molecule has 3 nitrogen and oxygen atoms in total. The van der Waals surface area contributed by atoms with E-state index in [0.717, 1.165) is 11.4 Å². The second kappa shape index (κ2) is 4.51. The van der Waals surface area contributed by atoms with Crippen molar-refractivity contribution in [3.8, 4) is 0 Å². The largest absolute Gasteiger partial charge is 0.395 e. The smallest absolute Gasteiger partial charge is 0.125 e. The fourth-order valence-corrected chi connectivity index (χ4v) is 0.815. The Morgan fingerprint density at radius 2 is 2.42 bits per heavy atom. The zero-order valence-corrected chi connectivity index (χ0v) is 6.83. The van der Waals surface area contributed by atoms with Crippen molar-refractivity contribution in [1.82, 2.24) is 4.98 Å². The number of aliphatic hydroxyl groups is 1. The van der Waals surface area contributed by atoms with Gasteiger partial charge < -0.3 is 10.4 Å². The molecule has 1 aromatic rings. The lowest BCUT2D eigenvalue weighted by atomic mass is 10.3. The minimum atomic E-state index is 0.116. The average molecular weight is 164 g/mol. The number of nitrogens with one attached hydrogen (secondary N) is 1. The van der Waals surface area contributed by atoms with Crippen LogP contribution in [-0.2, 0) is 0 Å². The van der Waals surface area contributed by atoms with Gasteiger partial charge in [-0.2, -0.15) is 0 Å². The Morgan fingerprint density at radius 1 is 1.58 bits per heavy atom. The van der Waals surface area contributed by atoms with Gasteiger partial charge in [0.15, 0.2) is 0 Å². The van der Waals surface area contributed by atoms with E-state index < -0.39 is 0 Å². The van der Waals surface area contributed by atoms with E-state index in [1.807, 2.05) is 12.1 Å². The van der Waals surface area contributed by atoms with E-state index in [9.17, 15) is 0 Å². The quantitative estimate of drug-likeness (QED) is 0.701. The highest BCUT2D eigenvalue weighted by Gasteiger charge is 1.90. The van der Waals surface area contributed by atoms with Crippen molar-refractivity contribution in [3.63, 3.8) is 0 Å². The van der Waals surface area contributed by atoms with Crippen LogP contribution >= 0.6 is 0 Å². The molecule has 0 radical (unpaired) electrons. The van der Waals surface area contributed by atoms with Crippen LogP contribution in [-0.4, -0.2) is 23.2 Å². The summed E-state index contributed by atoms with van der Waals surface area (Å²) in [4.78, 5) is 4.09. The number of nitrogens with zero attached hydrogens (tertiary/aromatic N) is 1. The Labute approximate surface area is 71.8 Å². The molecule has 0 aromatic carbocycles. The summed E-state index contributed by atoms with van der Waals surface area (Å²) in [7, 11) is 0. The molecule has 0 saturated carbocycles. The second-order valence-corrected chi connectivity index (χ2v) is 2.33. The van der Waals surface area contributed by atoms with Crippen LogP contribution in [0.25, 0.3) is 6.08 Å². The van der Waals surface area contributed by atoms with Gasteiger partial charge in [-0.05, 0) is 17.7 Å². The number of aromatic nitrogens is 1. The van der Waals surface area contributed by atoms with Gasteiger partial charge in [0.25, 0.3) is 0 Å². The van der Waals surface area contributed by atoms with Gasteiger partial charge in [-0.3, -0.25) is 0 Å². The summed E-state index contributed by atoms with van der Waals surface area (Å²) >= 11 is 0. The first kappa shape index (κ1) is 8.74. The van der Waals surface area contributed by atoms with E-state index >= 15 is 0 Å². The monoisotopic (exact) mass is 164 g/mol. The fraction of sp³-hybridized carbons (Fsp3) is 0.222. The maximum Gasteiger partial charge on any atom is 0.125 e. The highest BCUT2D eigenvalue weighted by atomic mass is 16.3. The van der Waals surface area contributed by atoms with Crippen LogP contribution in [0.4, 0.5) is 5.82 Å². The number of rotatable bonds is 4. The molecule has 0 aliphatic rings. The van der Waals surface area contributed by atoms with Crippen LogP contribution in [0.15, 0.2) is 24.9 Å². The third kappa shape index (κ3) is 2.36. The predicted octanol–water partition coefficient (Wildman–Crippen LogP) is 1.13. The Balaban J connectivity index is 2.58. The Kier molecular flexibility index (Phi) is 3.29. The molecule has 3 heteroatoms. The number of hydrogen-bond donors (Lipinski definition) is 2. The maximum absolute atomic E-state index is 8.52. The summed E-state index contributed by atoms with van der Waals surface area (Å²) in [6.07, 6.45) is 3.47. The summed E-state index contributed by atoms with van der Waals surface area (Å²) in [5.41, 5.74) is 0.990. The zero-order chi connectivity index (χ0) is 8.81. The zero-order valence-electron chi connectivity index (χ0n) is 6.83. The van der Waals surface area contributed by atoms with Crippen LogP contribution in [0, 0.1) is 0 Å². The Morgan fingerprint density at radius 3 is 2.92 bits per heavy atom. The van der Waals surface area contributed by atoms with E-state index in [2.05, 4.69) is 16.9 Å². The van der Waals surface area contributed by atoms with Gasteiger partial charge in [0.05, 0.1) is 6.61 Å². The molecule has 0 fully saturated rings. The summed E-state index contributed by atoms with van der Waals surface area (Å²) in [5, 5.41) is 11.5. The van der Waals surface area contributed by atoms with Gasteiger partial charge in [-0.15, -0.1) is 0 Å².